The molecule has 0 aromatic heterocycles. The molecule has 0 saturated carbocycles. The van der Waals surface area contributed by atoms with Crippen LogP contribution in [-0.4, -0.2) is 53.3 Å². The third-order valence-corrected chi connectivity index (χ3v) is 8.13. The quantitative estimate of drug-likeness (QED) is 0.320. The van der Waals surface area contributed by atoms with Gasteiger partial charge in [0.2, 0.25) is 11.8 Å². The molecule has 6 nitrogen and oxygen atoms in total. The van der Waals surface area contributed by atoms with Gasteiger partial charge in [0.1, 0.15) is 18.4 Å². The van der Waals surface area contributed by atoms with E-state index in [1.54, 1.807) is 4.90 Å². The Balaban J connectivity index is 1.59. The lowest BCUT2D eigenvalue weighted by Crippen LogP contribution is -2.53. The van der Waals surface area contributed by atoms with Crippen molar-refractivity contribution in [3.63, 3.8) is 0 Å². The average Bonchev–Trinajstić information content (AvgIpc) is 2.97. The highest BCUT2D eigenvalue weighted by atomic mass is 16.5. The minimum atomic E-state index is -0.776. The van der Waals surface area contributed by atoms with E-state index in [1.807, 2.05) is 92.7 Å². The number of benzene rings is 3. The zero-order chi connectivity index (χ0) is 29.6. The van der Waals surface area contributed by atoms with E-state index in [4.69, 9.17) is 4.74 Å². The van der Waals surface area contributed by atoms with E-state index in [1.165, 1.54) is 0 Å². The lowest BCUT2D eigenvalue weighted by Gasteiger charge is -2.41. The minimum absolute atomic E-state index is 0.0510. The molecule has 2 amide bonds. The Morgan fingerprint density at radius 3 is 2.22 bits per heavy atom. The number of ether oxygens (including phenoxy) is 1. The number of nitrogens with zero attached hydrogens (tertiary/aromatic N) is 2. The van der Waals surface area contributed by atoms with E-state index >= 15 is 0 Å². The Kier molecular flexibility index (Phi) is 9.87. The van der Waals surface area contributed by atoms with Gasteiger partial charge in [-0.3, -0.25) is 14.5 Å². The van der Waals surface area contributed by atoms with Gasteiger partial charge in [-0.1, -0.05) is 66.7 Å². The van der Waals surface area contributed by atoms with Crippen molar-refractivity contribution in [2.24, 2.45) is 0 Å². The summed E-state index contributed by atoms with van der Waals surface area (Å²) in [4.78, 5) is 32.2. The van der Waals surface area contributed by atoms with Crippen LogP contribution in [0.3, 0.4) is 0 Å². The number of nitrogens with one attached hydrogen (secondary N) is 1. The van der Waals surface area contributed by atoms with E-state index < -0.39 is 11.5 Å². The number of amides is 2. The predicted molar refractivity (Wildman–Crippen MR) is 165 cm³/mol. The van der Waals surface area contributed by atoms with Crippen molar-refractivity contribution in [2.75, 3.05) is 19.6 Å². The van der Waals surface area contributed by atoms with Crippen molar-refractivity contribution < 1.29 is 14.3 Å². The topological polar surface area (TPSA) is 61.9 Å². The van der Waals surface area contributed by atoms with Crippen molar-refractivity contribution >= 4 is 11.8 Å². The summed E-state index contributed by atoms with van der Waals surface area (Å²) in [6.07, 6.45) is 0.659. The van der Waals surface area contributed by atoms with E-state index in [2.05, 4.69) is 37.9 Å². The number of fused-ring (bicyclic) bond motifs is 1. The summed E-state index contributed by atoms with van der Waals surface area (Å²) in [6, 6.07) is 25.8. The molecule has 1 heterocycles. The fourth-order valence-corrected chi connectivity index (χ4v) is 5.79. The van der Waals surface area contributed by atoms with Crippen LogP contribution in [-0.2, 0) is 28.0 Å². The molecule has 0 aliphatic carbocycles. The van der Waals surface area contributed by atoms with Gasteiger partial charge in [-0.05, 0) is 82.3 Å². The van der Waals surface area contributed by atoms with Gasteiger partial charge in [0.15, 0.2) is 0 Å². The highest BCUT2D eigenvalue weighted by Gasteiger charge is 2.42. The molecule has 1 atom stereocenters. The second-order valence-electron chi connectivity index (χ2n) is 12.0. The van der Waals surface area contributed by atoms with Crippen molar-refractivity contribution in [2.45, 2.75) is 78.1 Å². The number of carbonyl (C=O) groups is 2. The standard InChI is InChI=1S/C35H45N3O3/c1-25(2)37(26(3)4)22-20-36-33(39)32-31-18-17-30(41-24-27-13-9-7-10-14-27)23-28(31)19-21-38(32)34(40)35(5,6)29-15-11-8-12-16-29/h7-18,23,25-26,32H,19-22,24H2,1-6H3,(H,36,39). The van der Waals surface area contributed by atoms with Gasteiger partial charge in [0, 0.05) is 31.7 Å². The summed E-state index contributed by atoms with van der Waals surface area (Å²) >= 11 is 0. The SMILES string of the molecule is CC(C)N(CCNC(=O)C1c2ccc(OCc3ccccc3)cc2CCN1C(=O)C(C)(C)c1ccccc1)C(C)C. The Bertz CT molecular complexity index is 1300. The molecule has 4 rings (SSSR count). The smallest absolute Gasteiger partial charge is 0.247 e. The second-order valence-corrected chi connectivity index (χ2v) is 12.0. The molecule has 3 aromatic rings. The van der Waals surface area contributed by atoms with Crippen molar-refractivity contribution in [3.8, 4) is 5.75 Å². The highest BCUT2D eigenvalue weighted by Crippen LogP contribution is 2.36. The molecule has 1 aliphatic rings. The molecule has 41 heavy (non-hydrogen) atoms. The van der Waals surface area contributed by atoms with Crippen LogP contribution in [0.2, 0.25) is 0 Å². The van der Waals surface area contributed by atoms with Gasteiger partial charge in [0.25, 0.3) is 0 Å². The summed E-state index contributed by atoms with van der Waals surface area (Å²) in [6.45, 7) is 14.8. The van der Waals surface area contributed by atoms with Crippen molar-refractivity contribution in [3.05, 3.63) is 101 Å². The normalized spacial score (nSPS) is 15.2. The zero-order valence-corrected chi connectivity index (χ0v) is 25.4. The number of hydrogen-bond donors (Lipinski definition) is 1. The van der Waals surface area contributed by atoms with E-state index in [0.717, 1.165) is 34.5 Å². The molecule has 1 aliphatic heterocycles. The molecule has 6 heteroatoms. The first-order chi connectivity index (χ1) is 19.6. The Labute approximate surface area is 245 Å². The van der Waals surface area contributed by atoms with Gasteiger partial charge in [0.05, 0.1) is 5.41 Å². The van der Waals surface area contributed by atoms with Gasteiger partial charge < -0.3 is 15.0 Å². The van der Waals surface area contributed by atoms with E-state index in [-0.39, 0.29) is 11.8 Å². The van der Waals surface area contributed by atoms with Crippen LogP contribution in [0.5, 0.6) is 5.75 Å². The van der Waals surface area contributed by atoms with E-state index in [0.29, 0.717) is 38.2 Å². The minimum Gasteiger partial charge on any atom is -0.489 e. The Hall–Kier alpha value is -3.64. The van der Waals surface area contributed by atoms with E-state index in [9.17, 15) is 9.59 Å². The summed E-state index contributed by atoms with van der Waals surface area (Å²) in [5.41, 5.74) is 3.16. The number of rotatable bonds is 11. The first kappa shape index (κ1) is 30.3. The Morgan fingerprint density at radius 1 is 0.951 bits per heavy atom. The van der Waals surface area contributed by atoms with Crippen LogP contribution in [0.1, 0.15) is 69.8 Å². The summed E-state index contributed by atoms with van der Waals surface area (Å²) in [5, 5.41) is 3.17. The molecule has 0 spiro atoms. The third-order valence-electron chi connectivity index (χ3n) is 8.13. The van der Waals surface area contributed by atoms with Crippen molar-refractivity contribution in [1.82, 2.24) is 15.1 Å². The maximum atomic E-state index is 14.1. The molecule has 1 unspecified atom stereocenters. The lowest BCUT2D eigenvalue weighted by molar-refractivity contribution is -0.145. The molecular weight excluding hydrogens is 510 g/mol. The van der Waals surface area contributed by atoms with Crippen LogP contribution in [0.15, 0.2) is 78.9 Å². The fourth-order valence-electron chi connectivity index (χ4n) is 5.79. The summed E-state index contributed by atoms with van der Waals surface area (Å²) < 4.78 is 6.09. The van der Waals surface area contributed by atoms with Crippen LogP contribution in [0.4, 0.5) is 0 Å². The molecule has 0 fully saturated rings. The van der Waals surface area contributed by atoms with Crippen LogP contribution in [0.25, 0.3) is 0 Å². The second kappa shape index (κ2) is 13.3. The number of carbonyl (C=O) groups excluding carboxylic acids is 2. The van der Waals surface area contributed by atoms with Crippen LogP contribution < -0.4 is 10.1 Å². The van der Waals surface area contributed by atoms with Gasteiger partial charge in [-0.25, -0.2) is 0 Å². The molecule has 0 bridgehead atoms. The Morgan fingerprint density at radius 2 is 1.59 bits per heavy atom. The lowest BCUT2D eigenvalue weighted by atomic mass is 9.81. The summed E-state index contributed by atoms with van der Waals surface area (Å²) in [7, 11) is 0. The van der Waals surface area contributed by atoms with Gasteiger partial charge >= 0.3 is 0 Å². The molecular formula is C35H45N3O3. The number of hydrogen-bond acceptors (Lipinski definition) is 4. The van der Waals surface area contributed by atoms with Gasteiger partial charge in [-0.2, -0.15) is 0 Å². The molecule has 0 saturated heterocycles. The molecule has 1 N–H and O–H groups in total. The van der Waals surface area contributed by atoms with Crippen molar-refractivity contribution in [1.29, 1.82) is 0 Å². The van der Waals surface area contributed by atoms with Crippen LogP contribution >= 0.6 is 0 Å². The maximum Gasteiger partial charge on any atom is 0.247 e. The highest BCUT2D eigenvalue weighted by molar-refractivity contribution is 5.94. The fraction of sp³-hybridized carbons (Fsp3) is 0.429. The largest absolute Gasteiger partial charge is 0.489 e. The summed E-state index contributed by atoms with van der Waals surface area (Å²) in [5.74, 6) is 0.569. The zero-order valence-electron chi connectivity index (χ0n) is 25.4. The first-order valence-electron chi connectivity index (χ1n) is 14.8. The molecule has 0 radical (unpaired) electrons. The average molecular weight is 556 g/mol. The van der Waals surface area contributed by atoms with Crippen LogP contribution in [0, 0.1) is 0 Å². The first-order valence-corrected chi connectivity index (χ1v) is 14.8. The molecule has 218 valence electrons. The van der Waals surface area contributed by atoms with Gasteiger partial charge in [-0.15, -0.1) is 0 Å². The predicted octanol–water partition coefficient (Wildman–Crippen LogP) is 5.90. The maximum absolute atomic E-state index is 14.1. The molecule has 3 aromatic carbocycles. The third kappa shape index (κ3) is 7.17. The monoisotopic (exact) mass is 555 g/mol.